The van der Waals surface area contributed by atoms with Crippen molar-refractivity contribution in [3.05, 3.63) is 32.2 Å². The maximum absolute atomic E-state index is 12.5. The minimum absolute atomic E-state index is 0.405. The minimum Gasteiger partial charge on any atom is -0.357 e. The van der Waals surface area contributed by atoms with Gasteiger partial charge >= 0.3 is 6.18 Å². The Balaban J connectivity index is 1.86. The Morgan fingerprint density at radius 1 is 1.24 bits per heavy atom. The number of aromatic nitrogens is 2. The maximum atomic E-state index is 12.5. The number of aryl methyl sites for hydroxylation is 1. The normalized spacial score (nSPS) is 12.4. The molecule has 0 aromatic carbocycles. The van der Waals surface area contributed by atoms with E-state index in [1.807, 2.05) is 13.1 Å². The highest BCUT2D eigenvalue weighted by Crippen LogP contribution is 2.29. The molecule has 0 saturated heterocycles. The van der Waals surface area contributed by atoms with E-state index in [1.54, 1.807) is 11.3 Å². The largest absolute Gasteiger partial charge is 0.434 e. The van der Waals surface area contributed by atoms with E-state index in [-0.39, 0.29) is 0 Å². The van der Waals surface area contributed by atoms with Crippen molar-refractivity contribution >= 4 is 28.6 Å². The topological polar surface area (TPSA) is 62.2 Å². The molecule has 5 nitrogen and oxygen atoms in total. The molecule has 10 heteroatoms. The first-order valence-corrected chi connectivity index (χ1v) is 9.59. The van der Waals surface area contributed by atoms with E-state index in [9.17, 15) is 13.2 Å². The zero-order valence-electron chi connectivity index (χ0n) is 14.0. The molecule has 0 saturated carbocycles. The van der Waals surface area contributed by atoms with Crippen LogP contribution in [0.25, 0.3) is 0 Å². The first-order chi connectivity index (χ1) is 11.9. The van der Waals surface area contributed by atoms with Gasteiger partial charge in [-0.2, -0.15) is 13.2 Å². The van der Waals surface area contributed by atoms with Gasteiger partial charge in [-0.25, -0.2) is 15.0 Å². The van der Waals surface area contributed by atoms with Gasteiger partial charge in [-0.1, -0.05) is 6.92 Å². The number of halogens is 3. The minimum atomic E-state index is -4.39. The van der Waals surface area contributed by atoms with Crippen molar-refractivity contribution in [1.29, 1.82) is 0 Å². The molecule has 0 aliphatic heterocycles. The number of guanidine groups is 1. The average molecular weight is 391 g/mol. The van der Waals surface area contributed by atoms with Crippen LogP contribution in [0.3, 0.4) is 0 Å². The van der Waals surface area contributed by atoms with Crippen molar-refractivity contribution in [2.45, 2.75) is 39.4 Å². The van der Waals surface area contributed by atoms with E-state index in [0.29, 0.717) is 37.0 Å². The van der Waals surface area contributed by atoms with Crippen LogP contribution in [0.2, 0.25) is 0 Å². The Hall–Kier alpha value is -1.68. The van der Waals surface area contributed by atoms with Crippen molar-refractivity contribution in [1.82, 2.24) is 20.6 Å². The van der Waals surface area contributed by atoms with Gasteiger partial charge in [0.25, 0.3) is 0 Å². The number of hydrogen-bond donors (Lipinski definition) is 2. The zero-order chi connectivity index (χ0) is 18.3. The smallest absolute Gasteiger partial charge is 0.357 e. The third-order valence-corrected chi connectivity index (χ3v) is 5.18. The quantitative estimate of drug-likeness (QED) is 0.560. The van der Waals surface area contributed by atoms with Crippen LogP contribution in [0.4, 0.5) is 13.2 Å². The molecule has 138 valence electrons. The van der Waals surface area contributed by atoms with Crippen LogP contribution in [0, 0.1) is 0 Å². The maximum Gasteiger partial charge on any atom is 0.434 e. The number of nitrogens with zero attached hydrogens (tertiary/aromatic N) is 3. The molecule has 0 amide bonds. The Morgan fingerprint density at radius 3 is 2.64 bits per heavy atom. The lowest BCUT2D eigenvalue weighted by atomic mass is 10.4. The second-order valence-electron chi connectivity index (χ2n) is 5.07. The second-order valence-corrected chi connectivity index (χ2v) is 7.21. The van der Waals surface area contributed by atoms with Crippen molar-refractivity contribution in [3.8, 4) is 0 Å². The first kappa shape index (κ1) is 19.6. The summed E-state index contributed by atoms with van der Waals surface area (Å²) in [6, 6.07) is 0. The molecule has 0 bridgehead atoms. The number of rotatable bonds is 7. The first-order valence-electron chi connectivity index (χ1n) is 7.89. The van der Waals surface area contributed by atoms with Gasteiger partial charge in [-0.15, -0.1) is 22.7 Å². The molecule has 25 heavy (non-hydrogen) atoms. The van der Waals surface area contributed by atoms with E-state index >= 15 is 0 Å². The molecule has 0 aliphatic carbocycles. The van der Waals surface area contributed by atoms with Gasteiger partial charge in [0.15, 0.2) is 11.7 Å². The monoisotopic (exact) mass is 391 g/mol. The summed E-state index contributed by atoms with van der Waals surface area (Å²) >= 11 is 2.65. The highest BCUT2D eigenvalue weighted by Gasteiger charge is 2.33. The van der Waals surface area contributed by atoms with Crippen LogP contribution < -0.4 is 10.6 Å². The van der Waals surface area contributed by atoms with Gasteiger partial charge in [-0.3, -0.25) is 0 Å². The number of thiazole rings is 2. The lowest BCUT2D eigenvalue weighted by Crippen LogP contribution is -2.38. The highest BCUT2D eigenvalue weighted by molar-refractivity contribution is 7.11. The lowest BCUT2D eigenvalue weighted by molar-refractivity contribution is -0.140. The summed E-state index contributed by atoms with van der Waals surface area (Å²) < 4.78 is 37.6. The van der Waals surface area contributed by atoms with Gasteiger partial charge in [0.1, 0.15) is 5.01 Å². The SMILES string of the molecule is CCNC(=NCc1ncc(CC)s1)NCCc1nc(C(F)(F)F)cs1. The van der Waals surface area contributed by atoms with E-state index < -0.39 is 11.9 Å². The molecule has 0 spiro atoms. The lowest BCUT2D eigenvalue weighted by Gasteiger charge is -2.10. The van der Waals surface area contributed by atoms with Crippen molar-refractivity contribution in [3.63, 3.8) is 0 Å². The molecule has 2 aromatic rings. The summed E-state index contributed by atoms with van der Waals surface area (Å²) in [7, 11) is 0. The van der Waals surface area contributed by atoms with E-state index in [2.05, 4.69) is 32.5 Å². The van der Waals surface area contributed by atoms with Crippen LogP contribution in [-0.2, 0) is 25.6 Å². The van der Waals surface area contributed by atoms with Gasteiger partial charge in [0.05, 0.1) is 11.6 Å². The number of nitrogens with one attached hydrogen (secondary N) is 2. The van der Waals surface area contributed by atoms with Crippen molar-refractivity contribution in [2.24, 2.45) is 4.99 Å². The molecule has 2 N–H and O–H groups in total. The Labute approximate surface area is 152 Å². The molecule has 0 atom stereocenters. The van der Waals surface area contributed by atoms with Crippen molar-refractivity contribution < 1.29 is 13.2 Å². The third kappa shape index (κ3) is 6.28. The van der Waals surface area contributed by atoms with Crippen LogP contribution in [0.15, 0.2) is 16.6 Å². The van der Waals surface area contributed by atoms with Crippen LogP contribution in [0.1, 0.15) is 34.4 Å². The van der Waals surface area contributed by atoms with Crippen molar-refractivity contribution in [2.75, 3.05) is 13.1 Å². The van der Waals surface area contributed by atoms with Crippen LogP contribution in [-0.4, -0.2) is 29.0 Å². The number of aliphatic imine (C=N–C) groups is 1. The van der Waals surface area contributed by atoms with E-state index in [1.165, 1.54) is 4.88 Å². The molecule has 0 aliphatic rings. The zero-order valence-corrected chi connectivity index (χ0v) is 15.6. The average Bonchev–Trinajstić information content (AvgIpc) is 3.21. The van der Waals surface area contributed by atoms with E-state index in [4.69, 9.17) is 0 Å². The standard InChI is InChI=1S/C15H20F3N5S2/c1-3-10-7-21-13(25-10)8-22-14(19-4-2)20-6-5-12-23-11(9-24-12)15(16,17)18/h7,9H,3-6,8H2,1-2H3,(H2,19,20,22). The van der Waals surface area contributed by atoms with E-state index in [0.717, 1.165) is 28.1 Å². The molecule has 0 fully saturated rings. The fourth-order valence-corrected chi connectivity index (χ4v) is 3.51. The molecular formula is C15H20F3N5S2. The molecule has 0 unspecified atom stereocenters. The predicted octanol–water partition coefficient (Wildman–Crippen LogP) is 3.48. The fraction of sp³-hybridized carbons (Fsp3) is 0.533. The fourth-order valence-electron chi connectivity index (χ4n) is 1.92. The molecule has 0 radical (unpaired) electrons. The van der Waals surface area contributed by atoms with Crippen LogP contribution >= 0.6 is 22.7 Å². The highest BCUT2D eigenvalue weighted by atomic mass is 32.1. The molecule has 2 rings (SSSR count). The summed E-state index contributed by atoms with van der Waals surface area (Å²) in [4.78, 5) is 13.6. The third-order valence-electron chi connectivity index (χ3n) is 3.14. The van der Waals surface area contributed by atoms with Gasteiger partial charge in [0.2, 0.25) is 0 Å². The Bertz CT molecular complexity index is 693. The predicted molar refractivity (Wildman–Crippen MR) is 95.1 cm³/mol. The number of alkyl halides is 3. The van der Waals surface area contributed by atoms with Crippen LogP contribution in [0.5, 0.6) is 0 Å². The van der Waals surface area contributed by atoms with Gasteiger partial charge in [0, 0.05) is 36.0 Å². The Morgan fingerprint density at radius 2 is 2.04 bits per heavy atom. The molecular weight excluding hydrogens is 371 g/mol. The molecule has 2 aromatic heterocycles. The summed E-state index contributed by atoms with van der Waals surface area (Å²) in [5.74, 6) is 0.614. The Kier molecular flexibility index (Phi) is 7.18. The van der Waals surface area contributed by atoms with Gasteiger partial charge < -0.3 is 10.6 Å². The summed E-state index contributed by atoms with van der Waals surface area (Å²) in [6.45, 7) is 5.64. The van der Waals surface area contributed by atoms with Gasteiger partial charge in [-0.05, 0) is 13.3 Å². The summed E-state index contributed by atoms with van der Waals surface area (Å²) in [5, 5.41) is 8.64. The second kappa shape index (κ2) is 9.14. The molecule has 2 heterocycles. The summed E-state index contributed by atoms with van der Waals surface area (Å²) in [6.07, 6.45) is -1.17. The number of hydrogen-bond acceptors (Lipinski definition) is 5. The summed E-state index contributed by atoms with van der Waals surface area (Å²) in [5.41, 5.74) is -0.830.